The van der Waals surface area contributed by atoms with Crippen molar-refractivity contribution in [1.29, 1.82) is 0 Å². The van der Waals surface area contributed by atoms with E-state index in [-0.39, 0.29) is 28.5 Å². The van der Waals surface area contributed by atoms with Gasteiger partial charge in [-0.1, -0.05) is 41.5 Å². The van der Waals surface area contributed by atoms with Gasteiger partial charge in [0.25, 0.3) is 8.32 Å². The first-order valence-electron chi connectivity index (χ1n) is 12.4. The molecule has 0 unspecified atom stereocenters. The van der Waals surface area contributed by atoms with Crippen molar-refractivity contribution >= 4 is 28.4 Å². The summed E-state index contributed by atoms with van der Waals surface area (Å²) in [6.45, 7) is 24.7. The Kier molecular flexibility index (Phi) is 9.18. The Morgan fingerprint density at radius 1 is 0.972 bits per heavy atom. The minimum absolute atomic E-state index is 0.0142. The number of pyridine rings is 1. The molecule has 0 aliphatic carbocycles. The lowest BCUT2D eigenvalue weighted by Gasteiger charge is -2.39. The van der Waals surface area contributed by atoms with E-state index in [0.717, 1.165) is 22.6 Å². The van der Waals surface area contributed by atoms with Gasteiger partial charge in [-0.15, -0.1) is 0 Å². The number of nitrogens with one attached hydrogen (secondary N) is 2. The van der Waals surface area contributed by atoms with Crippen LogP contribution >= 0.6 is 0 Å². The van der Waals surface area contributed by atoms with E-state index < -0.39 is 16.6 Å². The maximum Gasteiger partial charge on any atom is 0.319 e. The summed E-state index contributed by atoms with van der Waals surface area (Å²) in [5.74, 6) is 0.408. The largest absolute Gasteiger partial charge is 0.542 e. The predicted octanol–water partition coefficient (Wildman–Crippen LogP) is 7.76. The first kappa shape index (κ1) is 30.0. The molecule has 0 radical (unpaired) electrons. The molecule has 36 heavy (non-hydrogen) atoms. The number of urea groups is 1. The van der Waals surface area contributed by atoms with E-state index in [1.165, 1.54) is 24.3 Å². The summed E-state index contributed by atoms with van der Waals surface area (Å²) in [4.78, 5) is 17.2. The molecule has 2 aromatic rings. The SMILES string of the molecule is Cc1ncc(CNC(=O)Nc2ccc(F)cc2)c(CO[Si](C)(C)C(C)(C)C)c1O[Si](C)(C)C(C)(C)C. The molecule has 0 fully saturated rings. The van der Waals surface area contributed by atoms with Gasteiger partial charge in [-0.05, 0) is 73.0 Å². The zero-order valence-electron chi connectivity index (χ0n) is 23.9. The Morgan fingerprint density at radius 3 is 2.06 bits per heavy atom. The minimum atomic E-state index is -2.16. The number of carbonyl (C=O) groups is 1. The molecule has 2 rings (SSSR count). The van der Waals surface area contributed by atoms with Crippen molar-refractivity contribution in [2.75, 3.05) is 5.32 Å². The van der Waals surface area contributed by atoms with Crippen molar-refractivity contribution in [2.24, 2.45) is 0 Å². The van der Waals surface area contributed by atoms with E-state index in [4.69, 9.17) is 8.85 Å². The van der Waals surface area contributed by atoms with E-state index >= 15 is 0 Å². The lowest BCUT2D eigenvalue weighted by atomic mass is 10.1. The molecule has 0 bridgehead atoms. The molecule has 1 aromatic carbocycles. The molecule has 1 aromatic heterocycles. The summed E-state index contributed by atoms with van der Waals surface area (Å²) < 4.78 is 26.6. The van der Waals surface area contributed by atoms with Crippen LogP contribution in [0.25, 0.3) is 0 Å². The average Bonchev–Trinajstić information content (AvgIpc) is 2.73. The van der Waals surface area contributed by atoms with Gasteiger partial charge in [-0.2, -0.15) is 0 Å². The van der Waals surface area contributed by atoms with Gasteiger partial charge >= 0.3 is 6.03 Å². The quantitative estimate of drug-likeness (QED) is 0.340. The van der Waals surface area contributed by atoms with Crippen LogP contribution in [0.1, 0.15) is 58.4 Å². The summed E-state index contributed by atoms with van der Waals surface area (Å²) in [7, 11) is -4.20. The maximum absolute atomic E-state index is 13.2. The molecule has 6 nitrogen and oxygen atoms in total. The van der Waals surface area contributed by atoms with Crippen molar-refractivity contribution in [3.05, 3.63) is 53.1 Å². The van der Waals surface area contributed by atoms with Gasteiger partial charge < -0.3 is 19.5 Å². The molecule has 1 heterocycles. The van der Waals surface area contributed by atoms with E-state index in [1.54, 1.807) is 6.20 Å². The van der Waals surface area contributed by atoms with Crippen molar-refractivity contribution in [3.63, 3.8) is 0 Å². The van der Waals surface area contributed by atoms with Crippen LogP contribution < -0.4 is 15.1 Å². The molecule has 0 aliphatic rings. The zero-order chi connectivity index (χ0) is 27.5. The molecule has 0 atom stereocenters. The number of carbonyl (C=O) groups excluding carboxylic acids is 1. The topological polar surface area (TPSA) is 72.5 Å². The van der Waals surface area contributed by atoms with Gasteiger partial charge in [0.2, 0.25) is 0 Å². The number of benzene rings is 1. The maximum atomic E-state index is 13.2. The van der Waals surface area contributed by atoms with Crippen LogP contribution in [-0.4, -0.2) is 27.6 Å². The summed E-state index contributed by atoms with van der Waals surface area (Å²) in [6.07, 6.45) is 1.79. The van der Waals surface area contributed by atoms with Crippen LogP contribution in [0.4, 0.5) is 14.9 Å². The number of amides is 2. The third-order valence-corrected chi connectivity index (χ3v) is 16.3. The molecular formula is C27H44FN3O3Si2. The van der Waals surface area contributed by atoms with E-state index in [9.17, 15) is 9.18 Å². The highest BCUT2D eigenvalue weighted by molar-refractivity contribution is 6.75. The average molecular weight is 534 g/mol. The monoisotopic (exact) mass is 533 g/mol. The molecular weight excluding hydrogens is 489 g/mol. The lowest BCUT2D eigenvalue weighted by Crippen LogP contribution is -2.44. The Labute approximate surface area is 218 Å². The predicted molar refractivity (Wildman–Crippen MR) is 151 cm³/mol. The number of aromatic nitrogens is 1. The molecule has 0 aliphatic heterocycles. The van der Waals surface area contributed by atoms with Gasteiger partial charge in [-0.25, -0.2) is 9.18 Å². The van der Waals surface area contributed by atoms with Crippen molar-refractivity contribution in [1.82, 2.24) is 10.3 Å². The molecule has 9 heteroatoms. The third kappa shape index (κ3) is 7.63. The molecule has 2 amide bonds. The van der Waals surface area contributed by atoms with Crippen molar-refractivity contribution < 1.29 is 18.0 Å². The zero-order valence-corrected chi connectivity index (χ0v) is 25.9. The van der Waals surface area contributed by atoms with Crippen molar-refractivity contribution in [3.8, 4) is 5.75 Å². The van der Waals surface area contributed by atoms with E-state index in [1.807, 2.05) is 6.92 Å². The van der Waals surface area contributed by atoms with Crippen LogP contribution in [0.3, 0.4) is 0 Å². The second kappa shape index (κ2) is 11.0. The number of aryl methyl sites for hydroxylation is 1. The van der Waals surface area contributed by atoms with Crippen LogP contribution in [0.2, 0.25) is 36.3 Å². The van der Waals surface area contributed by atoms with Crippen LogP contribution in [0, 0.1) is 12.7 Å². The Balaban J connectivity index is 2.37. The normalized spacial score (nSPS) is 12.9. The number of nitrogens with zero attached hydrogens (tertiary/aromatic N) is 1. The second-order valence-corrected chi connectivity index (χ2v) is 21.9. The molecule has 2 N–H and O–H groups in total. The summed E-state index contributed by atoms with van der Waals surface area (Å²) in [5, 5.41) is 5.70. The van der Waals surface area contributed by atoms with Crippen molar-refractivity contribution in [2.45, 2.75) is 97.9 Å². The highest BCUT2D eigenvalue weighted by atomic mass is 28.4. The Morgan fingerprint density at radius 2 is 1.53 bits per heavy atom. The van der Waals surface area contributed by atoms with Gasteiger partial charge in [-0.3, -0.25) is 4.98 Å². The first-order chi connectivity index (χ1) is 16.3. The summed E-state index contributed by atoms with van der Waals surface area (Å²) >= 11 is 0. The molecule has 0 saturated heterocycles. The highest BCUT2D eigenvalue weighted by Gasteiger charge is 2.41. The lowest BCUT2D eigenvalue weighted by molar-refractivity contribution is 0.251. The van der Waals surface area contributed by atoms with E-state index in [2.05, 4.69) is 83.3 Å². The fraction of sp³-hybridized carbons (Fsp3) is 0.556. The van der Waals surface area contributed by atoms with Crippen LogP contribution in [0.15, 0.2) is 30.5 Å². The fourth-order valence-corrected chi connectivity index (χ4v) is 4.91. The number of rotatable bonds is 8. The minimum Gasteiger partial charge on any atom is -0.542 e. The third-order valence-electron chi connectivity index (χ3n) is 7.49. The van der Waals surface area contributed by atoms with Crippen LogP contribution in [0.5, 0.6) is 5.75 Å². The van der Waals surface area contributed by atoms with Gasteiger partial charge in [0, 0.05) is 24.0 Å². The second-order valence-electron chi connectivity index (χ2n) is 12.4. The van der Waals surface area contributed by atoms with Gasteiger partial charge in [0.05, 0.1) is 12.3 Å². The summed E-state index contributed by atoms with van der Waals surface area (Å²) in [6, 6.07) is 5.27. The Bertz CT molecular complexity index is 1060. The van der Waals surface area contributed by atoms with Gasteiger partial charge in [0.1, 0.15) is 11.6 Å². The number of anilines is 1. The Hall–Kier alpha value is -2.24. The fourth-order valence-electron chi connectivity index (χ4n) is 2.88. The molecule has 0 saturated carbocycles. The number of halogens is 1. The summed E-state index contributed by atoms with van der Waals surface area (Å²) in [5.41, 5.74) is 3.11. The van der Waals surface area contributed by atoms with Gasteiger partial charge in [0.15, 0.2) is 8.32 Å². The smallest absolute Gasteiger partial charge is 0.319 e. The molecule has 0 spiro atoms. The van der Waals surface area contributed by atoms with Crippen LogP contribution in [-0.2, 0) is 17.6 Å². The number of hydrogen-bond acceptors (Lipinski definition) is 4. The highest BCUT2D eigenvalue weighted by Crippen LogP contribution is 2.41. The van der Waals surface area contributed by atoms with E-state index in [0.29, 0.717) is 12.3 Å². The first-order valence-corrected chi connectivity index (χ1v) is 18.3. The molecule has 200 valence electrons. The number of hydrogen-bond donors (Lipinski definition) is 2. The standard InChI is InChI=1S/C27H44FN3O3Si2/c1-19-24(34-36(10,11)27(5,6)7)23(18-33-35(8,9)26(2,3)4)20(16-29-19)17-30-25(32)31-22-14-12-21(28)13-15-22/h12-16H,17-18H2,1-11H3,(H2,30,31,32).